The fourth-order valence-corrected chi connectivity index (χ4v) is 2.17. The number of carboxylic acid groups (broad SMARTS) is 1. The zero-order valence-electron chi connectivity index (χ0n) is 11.6. The maximum absolute atomic E-state index is 11.8. The van der Waals surface area contributed by atoms with Crippen molar-refractivity contribution in [2.45, 2.75) is 17.6 Å². The number of hydrogen-bond donors (Lipinski definition) is 2. The van der Waals surface area contributed by atoms with Gasteiger partial charge in [-0.25, -0.2) is 17.5 Å². The predicted molar refractivity (Wildman–Crippen MR) is 73.3 cm³/mol. The van der Waals surface area contributed by atoms with E-state index in [0.29, 0.717) is 0 Å². The van der Waals surface area contributed by atoms with E-state index in [1.807, 2.05) is 0 Å². The summed E-state index contributed by atoms with van der Waals surface area (Å²) in [5, 5.41) is 10.7. The Labute approximate surface area is 122 Å². The first-order valence-electron chi connectivity index (χ1n) is 5.87. The van der Waals surface area contributed by atoms with Crippen LogP contribution in [0.15, 0.2) is 34.3 Å². The van der Waals surface area contributed by atoms with Crippen molar-refractivity contribution in [2.75, 3.05) is 14.1 Å². The Morgan fingerprint density at radius 2 is 2.10 bits per heavy atom. The van der Waals surface area contributed by atoms with Crippen molar-refractivity contribution in [1.29, 1.82) is 0 Å². The van der Waals surface area contributed by atoms with Crippen molar-refractivity contribution in [3.63, 3.8) is 0 Å². The molecule has 1 heterocycles. The summed E-state index contributed by atoms with van der Waals surface area (Å²) in [6.45, 7) is 3.40. The van der Waals surface area contributed by atoms with E-state index in [9.17, 15) is 18.0 Å². The van der Waals surface area contributed by atoms with Gasteiger partial charge in [-0.05, 0) is 18.6 Å². The Hall–Kier alpha value is -2.13. The van der Waals surface area contributed by atoms with E-state index in [0.717, 1.165) is 10.4 Å². The van der Waals surface area contributed by atoms with E-state index in [1.165, 1.54) is 26.2 Å². The molecule has 1 atom stereocenters. The second-order valence-electron chi connectivity index (χ2n) is 4.29. The summed E-state index contributed by atoms with van der Waals surface area (Å²) in [5.41, 5.74) is 0. The summed E-state index contributed by atoms with van der Waals surface area (Å²) in [5.74, 6) is -2.33. The molecular formula is C12H16N2O6S. The quantitative estimate of drug-likeness (QED) is 0.698. The van der Waals surface area contributed by atoms with Crippen LogP contribution < -0.4 is 5.32 Å². The third kappa shape index (κ3) is 3.92. The number of furan rings is 1. The van der Waals surface area contributed by atoms with Crippen LogP contribution in [0.25, 0.3) is 0 Å². The first-order chi connectivity index (χ1) is 9.70. The maximum atomic E-state index is 11.8. The summed E-state index contributed by atoms with van der Waals surface area (Å²) in [4.78, 5) is 22.7. The maximum Gasteiger partial charge on any atom is 0.326 e. The second kappa shape index (κ2) is 6.55. The minimum atomic E-state index is -3.79. The third-order valence-electron chi connectivity index (χ3n) is 2.55. The lowest BCUT2D eigenvalue weighted by atomic mass is 10.2. The molecule has 0 saturated heterocycles. The van der Waals surface area contributed by atoms with E-state index < -0.39 is 33.0 Å². The van der Waals surface area contributed by atoms with E-state index in [4.69, 9.17) is 9.52 Å². The van der Waals surface area contributed by atoms with E-state index in [-0.39, 0.29) is 12.2 Å². The van der Waals surface area contributed by atoms with Crippen LogP contribution in [0.5, 0.6) is 0 Å². The topological polar surface area (TPSA) is 117 Å². The summed E-state index contributed by atoms with van der Waals surface area (Å²) < 4.78 is 29.5. The molecule has 1 unspecified atom stereocenters. The Balaban J connectivity index is 2.93. The highest BCUT2D eigenvalue weighted by molar-refractivity contribution is 7.88. The largest absolute Gasteiger partial charge is 0.480 e. The standard InChI is InChI=1S/C12H16N2O6S/c1-4-5-8(12(16)17)13-11(15)9-6-7-10(20-9)21(18,19)14(2)3/h4,6-8H,1,5H2,2-3H3,(H,13,15)(H,16,17). The molecule has 9 heteroatoms. The molecule has 0 bridgehead atoms. The van der Waals surface area contributed by atoms with Crippen molar-refractivity contribution in [2.24, 2.45) is 0 Å². The molecule has 0 aromatic carbocycles. The average molecular weight is 316 g/mol. The fourth-order valence-electron chi connectivity index (χ4n) is 1.38. The molecular weight excluding hydrogens is 300 g/mol. The molecule has 116 valence electrons. The number of aliphatic carboxylic acids is 1. The van der Waals surface area contributed by atoms with Gasteiger partial charge in [0.05, 0.1) is 0 Å². The first-order valence-corrected chi connectivity index (χ1v) is 7.31. The molecule has 0 spiro atoms. The van der Waals surface area contributed by atoms with Crippen LogP contribution in [-0.4, -0.2) is 49.8 Å². The summed E-state index contributed by atoms with van der Waals surface area (Å²) >= 11 is 0. The molecule has 0 aliphatic heterocycles. The monoisotopic (exact) mass is 316 g/mol. The number of carbonyl (C=O) groups is 2. The van der Waals surface area contributed by atoms with Gasteiger partial charge >= 0.3 is 5.97 Å². The Morgan fingerprint density at radius 1 is 1.48 bits per heavy atom. The molecule has 1 amide bonds. The normalized spacial score (nSPS) is 12.9. The van der Waals surface area contributed by atoms with Gasteiger partial charge in [-0.2, -0.15) is 0 Å². The van der Waals surface area contributed by atoms with Crippen molar-refractivity contribution in [1.82, 2.24) is 9.62 Å². The first kappa shape index (κ1) is 16.9. The highest BCUT2D eigenvalue weighted by Gasteiger charge is 2.25. The van der Waals surface area contributed by atoms with Gasteiger partial charge in [0.1, 0.15) is 6.04 Å². The zero-order chi connectivity index (χ0) is 16.2. The van der Waals surface area contributed by atoms with Crippen molar-refractivity contribution >= 4 is 21.9 Å². The number of amides is 1. The number of carbonyl (C=O) groups excluding carboxylic acids is 1. The van der Waals surface area contributed by atoms with Gasteiger partial charge in [0.15, 0.2) is 5.76 Å². The second-order valence-corrected chi connectivity index (χ2v) is 6.38. The summed E-state index contributed by atoms with van der Waals surface area (Å²) in [7, 11) is -1.15. The van der Waals surface area contributed by atoms with Crippen LogP contribution in [0.1, 0.15) is 17.0 Å². The number of nitrogens with one attached hydrogen (secondary N) is 1. The van der Waals surface area contributed by atoms with Gasteiger partial charge in [-0.1, -0.05) is 6.08 Å². The van der Waals surface area contributed by atoms with Gasteiger partial charge in [0.25, 0.3) is 15.9 Å². The lowest BCUT2D eigenvalue weighted by molar-refractivity contribution is -0.139. The van der Waals surface area contributed by atoms with Crippen LogP contribution in [0, 0.1) is 0 Å². The predicted octanol–water partition coefficient (Wildman–Crippen LogP) is 0.289. The Bertz CT molecular complexity index is 646. The molecule has 0 saturated carbocycles. The molecule has 8 nitrogen and oxygen atoms in total. The molecule has 1 rings (SSSR count). The molecule has 0 fully saturated rings. The minimum Gasteiger partial charge on any atom is -0.480 e. The van der Waals surface area contributed by atoms with Crippen LogP contribution >= 0.6 is 0 Å². The molecule has 1 aromatic rings. The zero-order valence-corrected chi connectivity index (χ0v) is 12.4. The number of hydrogen-bond acceptors (Lipinski definition) is 5. The third-order valence-corrected chi connectivity index (χ3v) is 4.24. The van der Waals surface area contributed by atoms with Crippen LogP contribution in [0.2, 0.25) is 0 Å². The Kier molecular flexibility index (Phi) is 5.28. The molecule has 21 heavy (non-hydrogen) atoms. The molecule has 0 radical (unpaired) electrons. The summed E-state index contributed by atoms with van der Waals surface area (Å²) in [6.07, 6.45) is 1.38. The fraction of sp³-hybridized carbons (Fsp3) is 0.333. The molecule has 1 aromatic heterocycles. The van der Waals surface area contributed by atoms with E-state index in [1.54, 1.807) is 0 Å². The molecule has 2 N–H and O–H groups in total. The van der Waals surface area contributed by atoms with Crippen LogP contribution in [0.3, 0.4) is 0 Å². The lowest BCUT2D eigenvalue weighted by Crippen LogP contribution is -2.40. The van der Waals surface area contributed by atoms with Crippen molar-refractivity contribution < 1.29 is 27.5 Å². The van der Waals surface area contributed by atoms with Crippen molar-refractivity contribution in [3.8, 4) is 0 Å². The summed E-state index contributed by atoms with van der Waals surface area (Å²) in [6, 6.07) is 1.14. The highest BCUT2D eigenvalue weighted by atomic mass is 32.2. The average Bonchev–Trinajstić information content (AvgIpc) is 2.87. The Morgan fingerprint density at radius 3 is 2.57 bits per heavy atom. The smallest absolute Gasteiger partial charge is 0.326 e. The van der Waals surface area contributed by atoms with E-state index in [2.05, 4.69) is 11.9 Å². The number of carboxylic acids is 1. The van der Waals surface area contributed by atoms with Crippen LogP contribution in [0.4, 0.5) is 0 Å². The number of sulfonamides is 1. The minimum absolute atomic E-state index is 0.0324. The van der Waals surface area contributed by atoms with Crippen molar-refractivity contribution in [3.05, 3.63) is 30.5 Å². The number of rotatable bonds is 7. The highest BCUT2D eigenvalue weighted by Crippen LogP contribution is 2.17. The van der Waals surface area contributed by atoms with Gasteiger partial charge in [-0.15, -0.1) is 6.58 Å². The van der Waals surface area contributed by atoms with Gasteiger partial charge in [0, 0.05) is 14.1 Å². The van der Waals surface area contributed by atoms with E-state index >= 15 is 0 Å². The van der Waals surface area contributed by atoms with Gasteiger partial charge < -0.3 is 14.8 Å². The molecule has 0 aliphatic rings. The number of nitrogens with zero attached hydrogens (tertiary/aromatic N) is 1. The van der Waals surface area contributed by atoms with Crippen LogP contribution in [-0.2, 0) is 14.8 Å². The van der Waals surface area contributed by atoms with Gasteiger partial charge in [0.2, 0.25) is 5.09 Å². The van der Waals surface area contributed by atoms with Gasteiger partial charge in [-0.3, -0.25) is 4.79 Å². The SMILES string of the molecule is C=CCC(NC(=O)c1ccc(S(=O)(=O)N(C)C)o1)C(=O)O. The molecule has 0 aliphatic carbocycles. The lowest BCUT2D eigenvalue weighted by Gasteiger charge is -2.11.